The second-order valence-electron chi connectivity index (χ2n) is 8.91. The SMILES string of the molecule is CC(C)(C)c1cccc(P(C2CCCCC2)C2CCCCC2)c1O. The molecule has 0 spiro atoms. The zero-order valence-electron chi connectivity index (χ0n) is 15.9. The third-order valence-electron chi connectivity index (χ3n) is 6.04. The van der Waals surface area contributed by atoms with Gasteiger partial charge in [0.25, 0.3) is 0 Å². The maximum Gasteiger partial charge on any atom is 0.126 e. The van der Waals surface area contributed by atoms with Gasteiger partial charge in [0.2, 0.25) is 0 Å². The van der Waals surface area contributed by atoms with Crippen molar-refractivity contribution >= 4 is 13.2 Å². The van der Waals surface area contributed by atoms with Crippen LogP contribution in [0.4, 0.5) is 0 Å². The Labute approximate surface area is 150 Å². The molecule has 0 atom stereocenters. The standard InChI is InChI=1S/C22H35OP/c1-22(2,3)19-15-10-16-20(21(19)23)24(17-11-6-4-7-12-17)18-13-8-5-9-14-18/h10,15-18,23H,4-9,11-14H2,1-3H3. The molecule has 1 nitrogen and oxygen atoms in total. The molecule has 0 amide bonds. The van der Waals surface area contributed by atoms with Crippen LogP contribution in [0.2, 0.25) is 0 Å². The van der Waals surface area contributed by atoms with E-state index in [1.54, 1.807) is 0 Å². The summed E-state index contributed by atoms with van der Waals surface area (Å²) in [6.07, 6.45) is 14.0. The molecule has 0 saturated heterocycles. The van der Waals surface area contributed by atoms with E-state index in [0.29, 0.717) is 5.75 Å². The van der Waals surface area contributed by atoms with Gasteiger partial charge in [-0.15, -0.1) is 0 Å². The summed E-state index contributed by atoms with van der Waals surface area (Å²) in [7, 11) is -0.226. The summed E-state index contributed by atoms with van der Waals surface area (Å²) in [6, 6.07) is 6.60. The van der Waals surface area contributed by atoms with Gasteiger partial charge in [0.05, 0.1) is 0 Å². The van der Waals surface area contributed by atoms with Gasteiger partial charge < -0.3 is 5.11 Å². The van der Waals surface area contributed by atoms with E-state index in [-0.39, 0.29) is 13.3 Å². The van der Waals surface area contributed by atoms with Gasteiger partial charge in [0, 0.05) is 5.30 Å². The lowest BCUT2D eigenvalue weighted by molar-refractivity contribution is 0.449. The van der Waals surface area contributed by atoms with Crippen LogP contribution < -0.4 is 5.30 Å². The van der Waals surface area contributed by atoms with Crippen molar-refractivity contribution in [2.24, 2.45) is 0 Å². The molecular formula is C22H35OP. The van der Waals surface area contributed by atoms with Crippen LogP contribution in [0.25, 0.3) is 0 Å². The van der Waals surface area contributed by atoms with Crippen molar-refractivity contribution in [2.75, 3.05) is 0 Å². The minimum Gasteiger partial charge on any atom is -0.507 e. The number of hydrogen-bond acceptors (Lipinski definition) is 1. The summed E-state index contributed by atoms with van der Waals surface area (Å²) in [4.78, 5) is 0. The molecule has 2 saturated carbocycles. The molecule has 0 unspecified atom stereocenters. The summed E-state index contributed by atoms with van der Waals surface area (Å²) in [6.45, 7) is 6.65. The van der Waals surface area contributed by atoms with Crippen LogP contribution in [0.1, 0.15) is 90.5 Å². The Morgan fingerprint density at radius 3 is 1.79 bits per heavy atom. The van der Waals surface area contributed by atoms with Crippen molar-refractivity contribution in [1.29, 1.82) is 0 Å². The lowest BCUT2D eigenvalue weighted by atomic mass is 9.86. The van der Waals surface area contributed by atoms with Crippen molar-refractivity contribution in [3.8, 4) is 5.75 Å². The van der Waals surface area contributed by atoms with Crippen LogP contribution in [0.15, 0.2) is 18.2 Å². The quantitative estimate of drug-likeness (QED) is 0.622. The predicted molar refractivity (Wildman–Crippen MR) is 107 cm³/mol. The Morgan fingerprint density at radius 2 is 1.33 bits per heavy atom. The van der Waals surface area contributed by atoms with Gasteiger partial charge in [0.15, 0.2) is 0 Å². The maximum absolute atomic E-state index is 11.2. The fourth-order valence-corrected chi connectivity index (χ4v) is 8.60. The largest absolute Gasteiger partial charge is 0.507 e. The van der Waals surface area contributed by atoms with Crippen LogP contribution in [-0.2, 0) is 5.41 Å². The van der Waals surface area contributed by atoms with Crippen LogP contribution >= 0.6 is 7.92 Å². The van der Waals surface area contributed by atoms with Crippen LogP contribution in [0.5, 0.6) is 5.75 Å². The predicted octanol–water partition coefficient (Wildman–Crippen LogP) is 6.46. The van der Waals surface area contributed by atoms with Gasteiger partial charge in [-0.05, 0) is 48.0 Å². The van der Waals surface area contributed by atoms with Gasteiger partial charge in [-0.25, -0.2) is 0 Å². The highest BCUT2D eigenvalue weighted by Gasteiger charge is 2.34. The Morgan fingerprint density at radius 1 is 0.833 bits per heavy atom. The highest BCUT2D eigenvalue weighted by molar-refractivity contribution is 7.67. The normalized spacial score (nSPS) is 21.3. The molecule has 1 aromatic rings. The van der Waals surface area contributed by atoms with Crippen molar-refractivity contribution in [2.45, 2.75) is 102 Å². The number of phenols is 1. The Bertz CT molecular complexity index is 515. The van der Waals surface area contributed by atoms with Crippen molar-refractivity contribution in [1.82, 2.24) is 0 Å². The van der Waals surface area contributed by atoms with Gasteiger partial charge in [0.1, 0.15) is 5.75 Å². The molecule has 1 aromatic carbocycles. The minimum absolute atomic E-state index is 0.0141. The number of hydrogen-bond donors (Lipinski definition) is 1. The number of aromatic hydroxyl groups is 1. The van der Waals surface area contributed by atoms with E-state index in [0.717, 1.165) is 16.9 Å². The average Bonchev–Trinajstić information content (AvgIpc) is 2.58. The van der Waals surface area contributed by atoms with E-state index in [1.165, 1.54) is 69.5 Å². The van der Waals surface area contributed by atoms with Gasteiger partial charge >= 0.3 is 0 Å². The van der Waals surface area contributed by atoms with Crippen molar-refractivity contribution < 1.29 is 5.11 Å². The lowest BCUT2D eigenvalue weighted by Gasteiger charge is -2.39. The van der Waals surface area contributed by atoms with Crippen molar-refractivity contribution in [3.05, 3.63) is 23.8 Å². The second kappa shape index (κ2) is 7.77. The van der Waals surface area contributed by atoms with E-state index in [4.69, 9.17) is 0 Å². The first-order valence-corrected chi connectivity index (χ1v) is 11.6. The summed E-state index contributed by atoms with van der Waals surface area (Å²) in [5, 5.41) is 12.5. The summed E-state index contributed by atoms with van der Waals surface area (Å²) < 4.78 is 0. The number of phenolic OH excluding ortho intramolecular Hbond substituents is 1. The average molecular weight is 346 g/mol. The van der Waals surface area contributed by atoms with Crippen LogP contribution in [-0.4, -0.2) is 16.4 Å². The molecule has 2 heteroatoms. The molecule has 0 aliphatic heterocycles. The molecule has 24 heavy (non-hydrogen) atoms. The fourth-order valence-electron chi connectivity index (χ4n) is 4.75. The Balaban J connectivity index is 1.98. The zero-order chi connectivity index (χ0) is 17.2. The number of para-hydroxylation sites is 1. The van der Waals surface area contributed by atoms with E-state index in [1.807, 2.05) is 0 Å². The topological polar surface area (TPSA) is 20.2 Å². The Kier molecular flexibility index (Phi) is 5.91. The minimum atomic E-state index is -0.226. The third kappa shape index (κ3) is 3.98. The highest BCUT2D eigenvalue weighted by Crippen LogP contribution is 2.56. The monoisotopic (exact) mass is 346 g/mol. The Hall–Kier alpha value is -0.550. The lowest BCUT2D eigenvalue weighted by Crippen LogP contribution is -2.27. The van der Waals surface area contributed by atoms with Gasteiger partial charge in [-0.3, -0.25) is 0 Å². The summed E-state index contributed by atoms with van der Waals surface area (Å²) in [5.74, 6) is 0.632. The number of benzene rings is 1. The molecule has 2 aliphatic carbocycles. The first-order valence-electron chi connectivity index (χ1n) is 10.1. The molecule has 0 heterocycles. The summed E-state index contributed by atoms with van der Waals surface area (Å²) in [5.41, 5.74) is 2.84. The molecule has 3 rings (SSSR count). The first kappa shape index (κ1) is 18.2. The molecule has 2 aliphatic rings. The highest BCUT2D eigenvalue weighted by atomic mass is 31.1. The van der Waals surface area contributed by atoms with E-state index in [2.05, 4.69) is 39.0 Å². The zero-order valence-corrected chi connectivity index (χ0v) is 16.7. The van der Waals surface area contributed by atoms with Gasteiger partial charge in [-0.2, -0.15) is 0 Å². The summed E-state index contributed by atoms with van der Waals surface area (Å²) >= 11 is 0. The van der Waals surface area contributed by atoms with E-state index >= 15 is 0 Å². The van der Waals surface area contributed by atoms with Crippen LogP contribution in [0.3, 0.4) is 0 Å². The van der Waals surface area contributed by atoms with Crippen molar-refractivity contribution in [3.63, 3.8) is 0 Å². The molecule has 2 fully saturated rings. The number of rotatable bonds is 3. The molecular weight excluding hydrogens is 311 g/mol. The third-order valence-corrected chi connectivity index (χ3v) is 9.56. The van der Waals surface area contributed by atoms with Gasteiger partial charge in [-0.1, -0.05) is 85.4 Å². The second-order valence-corrected chi connectivity index (χ2v) is 11.7. The molecule has 0 radical (unpaired) electrons. The van der Waals surface area contributed by atoms with E-state index < -0.39 is 0 Å². The van der Waals surface area contributed by atoms with E-state index in [9.17, 15) is 5.11 Å². The molecule has 0 bridgehead atoms. The van der Waals surface area contributed by atoms with Crippen LogP contribution in [0, 0.1) is 0 Å². The molecule has 0 aromatic heterocycles. The molecule has 134 valence electrons. The molecule has 1 N–H and O–H groups in total. The fraction of sp³-hybridized carbons (Fsp3) is 0.727. The first-order chi connectivity index (χ1) is 11.5. The smallest absolute Gasteiger partial charge is 0.126 e. The maximum atomic E-state index is 11.2.